The zero-order chi connectivity index (χ0) is 16.5. The van der Waals surface area contributed by atoms with Gasteiger partial charge in [-0.3, -0.25) is 9.69 Å². The molecule has 1 aromatic carbocycles. The first-order chi connectivity index (χ1) is 11.7. The predicted octanol–water partition coefficient (Wildman–Crippen LogP) is 2.09. The molecule has 0 fully saturated rings. The molecule has 1 aliphatic rings. The van der Waals surface area contributed by atoms with E-state index in [4.69, 9.17) is 4.74 Å². The maximum Gasteiger partial charge on any atom is 0.260 e. The van der Waals surface area contributed by atoms with Gasteiger partial charge in [-0.2, -0.15) is 0 Å². The summed E-state index contributed by atoms with van der Waals surface area (Å²) in [5, 5.41) is 7.81. The number of fused-ring (bicyclic) bond motifs is 1. The molecule has 0 radical (unpaired) electrons. The van der Waals surface area contributed by atoms with Crippen LogP contribution in [0.15, 0.2) is 55.0 Å². The van der Waals surface area contributed by atoms with Crippen LogP contribution in [0.4, 0.5) is 5.69 Å². The number of pyridine rings is 1. The number of hydrogen-bond donors (Lipinski definition) is 0. The van der Waals surface area contributed by atoms with E-state index >= 15 is 0 Å². The second kappa shape index (κ2) is 5.77. The maximum atomic E-state index is 13.2. The molecule has 0 aliphatic carbocycles. The lowest BCUT2D eigenvalue weighted by molar-refractivity contribution is 0.0958. The number of benzene rings is 1. The van der Waals surface area contributed by atoms with Crippen molar-refractivity contribution in [2.45, 2.75) is 13.0 Å². The second-order valence-corrected chi connectivity index (χ2v) is 5.54. The number of carbonyl (C=O) groups excluding carboxylic acids is 1. The minimum atomic E-state index is -0.130. The van der Waals surface area contributed by atoms with Crippen LogP contribution in [0, 0.1) is 0 Å². The van der Waals surface area contributed by atoms with Crippen molar-refractivity contribution in [3.05, 3.63) is 60.6 Å². The van der Waals surface area contributed by atoms with Crippen LogP contribution in [-0.4, -0.2) is 38.5 Å². The lowest BCUT2D eigenvalue weighted by atomic mass is 10.1. The molecule has 0 unspecified atom stereocenters. The normalized spacial score (nSPS) is 16.4. The minimum absolute atomic E-state index is 0.120. The van der Waals surface area contributed by atoms with Crippen LogP contribution < -0.4 is 9.64 Å². The molecule has 2 aromatic heterocycles. The van der Waals surface area contributed by atoms with Gasteiger partial charge >= 0.3 is 0 Å². The lowest BCUT2D eigenvalue weighted by Crippen LogP contribution is -2.42. The van der Waals surface area contributed by atoms with Crippen LogP contribution in [0.2, 0.25) is 0 Å². The van der Waals surface area contributed by atoms with Gasteiger partial charge in [-0.05, 0) is 31.2 Å². The Kier molecular flexibility index (Phi) is 3.45. The first-order valence-corrected chi connectivity index (χ1v) is 7.63. The Morgan fingerprint density at radius 1 is 1.17 bits per heavy atom. The molecular formula is C17H15N5O2. The average Bonchev–Trinajstić information content (AvgIpc) is 3.15. The molecule has 0 saturated heterocycles. The summed E-state index contributed by atoms with van der Waals surface area (Å²) in [5.74, 6) is 0.355. The summed E-state index contributed by atoms with van der Waals surface area (Å²) in [6, 6.07) is 11.0. The van der Waals surface area contributed by atoms with Crippen molar-refractivity contribution in [3.8, 4) is 11.6 Å². The van der Waals surface area contributed by atoms with Crippen molar-refractivity contribution in [1.82, 2.24) is 20.0 Å². The van der Waals surface area contributed by atoms with Gasteiger partial charge in [0.25, 0.3) is 5.91 Å². The van der Waals surface area contributed by atoms with Gasteiger partial charge in [-0.25, -0.2) is 9.67 Å². The number of carbonyl (C=O) groups is 1. The first kappa shape index (κ1) is 14.4. The summed E-state index contributed by atoms with van der Waals surface area (Å²) >= 11 is 0. The van der Waals surface area contributed by atoms with Gasteiger partial charge in [0.05, 0.1) is 30.2 Å². The topological polar surface area (TPSA) is 73.1 Å². The number of amides is 1. The van der Waals surface area contributed by atoms with Crippen LogP contribution in [0.3, 0.4) is 0 Å². The van der Waals surface area contributed by atoms with E-state index in [0.29, 0.717) is 29.4 Å². The standard InChI is InChI=1S/C17H15N5O2/c1-12-11-21(15-7-4-8-18-16(15)24-12)17(23)13-5-2-3-6-14(13)22-10-9-19-20-22/h2-10,12H,11H2,1H3/t12-/m0/s1. The molecule has 7 heteroatoms. The Bertz CT molecular complexity index is 878. The predicted molar refractivity (Wildman–Crippen MR) is 87.4 cm³/mol. The first-order valence-electron chi connectivity index (χ1n) is 7.63. The van der Waals surface area contributed by atoms with Gasteiger partial charge in [0.15, 0.2) is 0 Å². The van der Waals surface area contributed by atoms with Crippen molar-refractivity contribution >= 4 is 11.6 Å². The molecule has 1 atom stereocenters. The molecular weight excluding hydrogens is 306 g/mol. The van der Waals surface area contributed by atoms with Crippen molar-refractivity contribution < 1.29 is 9.53 Å². The van der Waals surface area contributed by atoms with Crippen molar-refractivity contribution in [3.63, 3.8) is 0 Å². The van der Waals surface area contributed by atoms with Gasteiger partial charge in [-0.1, -0.05) is 17.3 Å². The Labute approximate surface area is 138 Å². The third kappa shape index (κ3) is 2.40. The van der Waals surface area contributed by atoms with Gasteiger partial charge in [0, 0.05) is 6.20 Å². The minimum Gasteiger partial charge on any atom is -0.471 e. The van der Waals surface area contributed by atoms with E-state index in [1.807, 2.05) is 31.2 Å². The van der Waals surface area contributed by atoms with E-state index in [-0.39, 0.29) is 12.0 Å². The van der Waals surface area contributed by atoms with Crippen LogP contribution in [0.1, 0.15) is 17.3 Å². The molecule has 0 N–H and O–H groups in total. The largest absolute Gasteiger partial charge is 0.471 e. The van der Waals surface area contributed by atoms with Crippen LogP contribution in [0.25, 0.3) is 5.69 Å². The van der Waals surface area contributed by atoms with Gasteiger partial charge in [-0.15, -0.1) is 5.10 Å². The Morgan fingerprint density at radius 2 is 2.00 bits per heavy atom. The van der Waals surface area contributed by atoms with E-state index < -0.39 is 0 Å². The molecule has 3 heterocycles. The number of anilines is 1. The van der Waals surface area contributed by atoms with E-state index in [2.05, 4.69) is 15.3 Å². The summed E-state index contributed by atoms with van der Waals surface area (Å²) in [6.07, 6.45) is 4.82. The van der Waals surface area contributed by atoms with Gasteiger partial charge < -0.3 is 4.74 Å². The highest BCUT2D eigenvalue weighted by Gasteiger charge is 2.30. The molecule has 0 saturated carbocycles. The Hall–Kier alpha value is -3.22. The zero-order valence-corrected chi connectivity index (χ0v) is 13.0. The number of ether oxygens (including phenoxy) is 1. The third-order valence-electron chi connectivity index (χ3n) is 3.84. The van der Waals surface area contributed by atoms with Crippen LogP contribution in [-0.2, 0) is 0 Å². The highest BCUT2D eigenvalue weighted by molar-refractivity contribution is 6.09. The molecule has 0 bridgehead atoms. The highest BCUT2D eigenvalue weighted by Crippen LogP contribution is 2.32. The molecule has 1 amide bonds. The highest BCUT2D eigenvalue weighted by atomic mass is 16.5. The molecule has 4 rings (SSSR count). The van der Waals surface area contributed by atoms with Crippen LogP contribution >= 0.6 is 0 Å². The second-order valence-electron chi connectivity index (χ2n) is 5.54. The molecule has 1 aliphatic heterocycles. The number of para-hydroxylation sites is 1. The monoisotopic (exact) mass is 321 g/mol. The average molecular weight is 321 g/mol. The molecule has 0 spiro atoms. The summed E-state index contributed by atoms with van der Waals surface area (Å²) in [4.78, 5) is 19.1. The fourth-order valence-corrected chi connectivity index (χ4v) is 2.79. The molecule has 7 nitrogen and oxygen atoms in total. The summed E-state index contributed by atoms with van der Waals surface area (Å²) in [5.41, 5.74) is 1.91. The fourth-order valence-electron chi connectivity index (χ4n) is 2.79. The van der Waals surface area contributed by atoms with E-state index in [0.717, 1.165) is 0 Å². The van der Waals surface area contributed by atoms with Gasteiger partial charge in [0.1, 0.15) is 11.8 Å². The SMILES string of the molecule is C[C@H]1CN(C(=O)c2ccccc2-n2ccnn2)c2cccnc2O1. The number of aromatic nitrogens is 4. The summed E-state index contributed by atoms with van der Waals surface area (Å²) in [7, 11) is 0. The fraction of sp³-hybridized carbons (Fsp3) is 0.176. The Balaban J connectivity index is 1.78. The lowest BCUT2D eigenvalue weighted by Gasteiger charge is -2.32. The van der Waals surface area contributed by atoms with Crippen molar-refractivity contribution in [2.75, 3.05) is 11.4 Å². The van der Waals surface area contributed by atoms with Gasteiger partial charge in [0.2, 0.25) is 5.88 Å². The number of hydrogen-bond acceptors (Lipinski definition) is 5. The number of rotatable bonds is 2. The maximum absolute atomic E-state index is 13.2. The quantitative estimate of drug-likeness (QED) is 0.722. The van der Waals surface area contributed by atoms with Crippen LogP contribution in [0.5, 0.6) is 5.88 Å². The smallest absolute Gasteiger partial charge is 0.260 e. The Morgan fingerprint density at radius 3 is 2.83 bits per heavy atom. The van der Waals surface area contributed by atoms with E-state index in [9.17, 15) is 4.79 Å². The zero-order valence-electron chi connectivity index (χ0n) is 13.0. The van der Waals surface area contributed by atoms with Crippen molar-refractivity contribution in [1.29, 1.82) is 0 Å². The molecule has 120 valence electrons. The summed E-state index contributed by atoms with van der Waals surface area (Å²) < 4.78 is 7.30. The molecule has 24 heavy (non-hydrogen) atoms. The molecule has 3 aromatic rings. The summed E-state index contributed by atoms with van der Waals surface area (Å²) in [6.45, 7) is 2.38. The van der Waals surface area contributed by atoms with Crippen molar-refractivity contribution in [2.24, 2.45) is 0 Å². The van der Waals surface area contributed by atoms with E-state index in [1.165, 1.54) is 0 Å². The third-order valence-corrected chi connectivity index (χ3v) is 3.84. The number of nitrogens with zero attached hydrogens (tertiary/aromatic N) is 5. The van der Waals surface area contributed by atoms with E-state index in [1.54, 1.807) is 40.3 Å².